The highest BCUT2D eigenvalue weighted by atomic mass is 16.7. The van der Waals surface area contributed by atoms with Crippen LogP contribution in [0.2, 0.25) is 0 Å². The van der Waals surface area contributed by atoms with Crippen molar-refractivity contribution in [2.75, 3.05) is 0 Å². The van der Waals surface area contributed by atoms with Crippen LogP contribution in [0.3, 0.4) is 0 Å². The minimum atomic E-state index is -2.64. The second kappa shape index (κ2) is 11.5. The number of aliphatic hydroxyl groups excluding tert-OH is 1. The molecule has 7 atom stereocenters. The first-order chi connectivity index (χ1) is 17.0. The zero-order chi connectivity index (χ0) is 26.5. The molecule has 0 spiro atoms. The third-order valence-corrected chi connectivity index (χ3v) is 6.62. The number of aldehydes is 1. The lowest BCUT2D eigenvalue weighted by molar-refractivity contribution is -0.412. The van der Waals surface area contributed by atoms with Crippen molar-refractivity contribution in [2.24, 2.45) is 5.92 Å². The average molecular weight is 488 g/mol. The number of carbonyl (C=O) groups excluding carboxylic acids is 2. The summed E-state index contributed by atoms with van der Waals surface area (Å²) in [6.07, 6.45) is -7.14. The van der Waals surface area contributed by atoms with E-state index in [4.69, 9.17) is 15.6 Å². The van der Waals surface area contributed by atoms with Crippen molar-refractivity contribution in [1.29, 1.82) is 0 Å². The number of hydrogen-bond donors (Lipinski definition) is 3. The number of ether oxygens (including phenoxy) is 3. The van der Waals surface area contributed by atoms with Crippen LogP contribution in [0, 0.1) is 5.92 Å². The first-order valence-corrected chi connectivity index (χ1v) is 11.7. The van der Waals surface area contributed by atoms with E-state index in [0.29, 0.717) is 0 Å². The van der Waals surface area contributed by atoms with Crippen LogP contribution in [0.4, 0.5) is 0 Å². The van der Waals surface area contributed by atoms with E-state index >= 15 is 0 Å². The molecule has 3 unspecified atom stereocenters. The third-order valence-electron chi connectivity index (χ3n) is 6.62. The predicted molar refractivity (Wildman–Crippen MR) is 127 cm³/mol. The molecule has 0 saturated carbocycles. The van der Waals surface area contributed by atoms with Crippen LogP contribution in [-0.4, -0.2) is 63.2 Å². The minimum absolute atomic E-state index is 0.00117. The van der Waals surface area contributed by atoms with Crippen molar-refractivity contribution < 1.29 is 40.5 Å². The molecule has 1 fully saturated rings. The van der Waals surface area contributed by atoms with Gasteiger partial charge in [0.05, 0.1) is 19.1 Å². The lowest BCUT2D eigenvalue weighted by atomic mass is 9.72. The first kappa shape index (κ1) is 25.6. The van der Waals surface area contributed by atoms with Crippen LogP contribution >= 0.6 is 0 Å². The number of carbonyl (C=O) groups is 2. The molecule has 8 heteroatoms. The Morgan fingerprint density at radius 1 is 1.09 bits per heavy atom. The summed E-state index contributed by atoms with van der Waals surface area (Å²) in [5.41, 5.74) is -0.682. The molecule has 1 heterocycles. The van der Waals surface area contributed by atoms with Gasteiger partial charge in [0.15, 0.2) is 5.78 Å². The van der Waals surface area contributed by atoms with Crippen LogP contribution in [0.15, 0.2) is 60.7 Å². The maximum atomic E-state index is 12.2. The Balaban J connectivity index is 2.08. The van der Waals surface area contributed by atoms with Crippen molar-refractivity contribution in [1.82, 2.24) is 0 Å². The van der Waals surface area contributed by atoms with Crippen LogP contribution in [0.5, 0.6) is 0 Å². The molecule has 1 aliphatic heterocycles. The van der Waals surface area contributed by atoms with Gasteiger partial charge in [0.2, 0.25) is 5.79 Å². The van der Waals surface area contributed by atoms with Gasteiger partial charge < -0.3 is 34.3 Å². The molecule has 3 N–H and O–H groups in total. The Morgan fingerprint density at radius 3 is 2.06 bits per heavy atom. The van der Waals surface area contributed by atoms with Crippen LogP contribution in [0.25, 0.3) is 0 Å². The molecule has 1 saturated heterocycles. The highest BCUT2D eigenvalue weighted by Gasteiger charge is 2.67. The molecule has 8 nitrogen and oxygen atoms in total. The molecule has 0 amide bonds. The molecule has 0 radical (unpaired) electrons. The standard InChI is InChI=1S/C27H34O8/c1-4-26(31)25(34-17-21-13-9-6-10-14-21)24(33-16-20-11-7-5-8-12-20)23(22(30)19(3)29)35-27(26,32)18(2)15-28/h5-15,18,22-25,30-32H,4,16-17H2,1-3H3/t18?,22?,23-,24+,25+,26-,27?/m1/s1/i15D. The zero-order valence-corrected chi connectivity index (χ0v) is 20.2. The van der Waals surface area contributed by atoms with E-state index in [0.717, 1.165) is 18.1 Å². The second-order valence-corrected chi connectivity index (χ2v) is 8.93. The molecule has 0 aliphatic carbocycles. The van der Waals surface area contributed by atoms with E-state index in [1.165, 1.54) is 6.92 Å². The Bertz CT molecular complexity index is 1020. The van der Waals surface area contributed by atoms with Gasteiger partial charge in [-0.05, 0) is 24.5 Å². The topological polar surface area (TPSA) is 123 Å². The number of rotatable bonds is 11. The van der Waals surface area contributed by atoms with Crippen LogP contribution in [-0.2, 0) is 37.0 Å². The van der Waals surface area contributed by atoms with E-state index in [1.807, 2.05) is 60.7 Å². The third kappa shape index (κ3) is 5.53. The summed E-state index contributed by atoms with van der Waals surface area (Å²) >= 11 is 0. The molecular weight excluding hydrogens is 452 g/mol. The molecule has 190 valence electrons. The van der Waals surface area contributed by atoms with Crippen LogP contribution in [0.1, 0.15) is 39.7 Å². The average Bonchev–Trinajstić information content (AvgIpc) is 2.88. The monoisotopic (exact) mass is 487 g/mol. The molecule has 3 rings (SSSR count). The van der Waals surface area contributed by atoms with E-state index in [-0.39, 0.29) is 19.6 Å². The van der Waals surface area contributed by atoms with Crippen molar-refractivity contribution >= 4 is 12.0 Å². The number of hydrogen-bond acceptors (Lipinski definition) is 8. The maximum absolute atomic E-state index is 12.2. The molecule has 1 aliphatic rings. The largest absolute Gasteiger partial charge is 0.382 e. The van der Waals surface area contributed by atoms with Crippen molar-refractivity contribution in [2.45, 2.75) is 76.2 Å². The van der Waals surface area contributed by atoms with E-state index < -0.39 is 53.8 Å². The van der Waals surface area contributed by atoms with Gasteiger partial charge in [0.25, 0.3) is 0 Å². The lowest BCUT2D eigenvalue weighted by Gasteiger charge is -2.57. The molecule has 0 bridgehead atoms. The van der Waals surface area contributed by atoms with Gasteiger partial charge >= 0.3 is 0 Å². The fourth-order valence-corrected chi connectivity index (χ4v) is 4.45. The fraction of sp³-hybridized carbons (Fsp3) is 0.481. The molecule has 2 aromatic rings. The summed E-state index contributed by atoms with van der Waals surface area (Å²) in [4.78, 5) is 24.3. The number of aliphatic hydroxyl groups is 3. The quantitative estimate of drug-likeness (QED) is 0.412. The number of ketones is 1. The first-order valence-electron chi connectivity index (χ1n) is 12.2. The van der Waals surface area contributed by atoms with E-state index in [1.54, 1.807) is 6.92 Å². The van der Waals surface area contributed by atoms with Gasteiger partial charge in [0.1, 0.15) is 37.6 Å². The summed E-state index contributed by atoms with van der Waals surface area (Å²) in [6.45, 7) is 4.01. The highest BCUT2D eigenvalue weighted by Crippen LogP contribution is 2.46. The number of benzene rings is 2. The highest BCUT2D eigenvalue weighted by molar-refractivity contribution is 5.81. The van der Waals surface area contributed by atoms with Gasteiger partial charge in [0, 0.05) is 0 Å². The predicted octanol–water partition coefficient (Wildman–Crippen LogP) is 2.17. The zero-order valence-electron chi connectivity index (χ0n) is 21.2. The van der Waals surface area contributed by atoms with Gasteiger partial charge in [-0.2, -0.15) is 0 Å². The smallest absolute Gasteiger partial charge is 0.207 e. The summed E-state index contributed by atoms with van der Waals surface area (Å²) in [5.74, 6) is -4.83. The van der Waals surface area contributed by atoms with Gasteiger partial charge in [-0.25, -0.2) is 0 Å². The summed E-state index contributed by atoms with van der Waals surface area (Å²) < 4.78 is 25.7. The minimum Gasteiger partial charge on any atom is -0.382 e. The molecule has 35 heavy (non-hydrogen) atoms. The fourth-order valence-electron chi connectivity index (χ4n) is 4.45. The Morgan fingerprint density at radius 2 is 1.60 bits per heavy atom. The number of Topliss-reactive ketones (excluding diaryl/α,β-unsaturated/α-hetero) is 1. The summed E-state index contributed by atoms with van der Waals surface area (Å²) in [6, 6.07) is 18.2. The molecule has 2 aromatic carbocycles. The maximum Gasteiger partial charge on any atom is 0.207 e. The van der Waals surface area contributed by atoms with Crippen molar-refractivity contribution in [3.63, 3.8) is 0 Å². The summed E-state index contributed by atoms with van der Waals surface area (Å²) in [7, 11) is 0. The second-order valence-electron chi connectivity index (χ2n) is 8.93. The Labute approximate surface area is 206 Å². The van der Waals surface area contributed by atoms with Crippen LogP contribution < -0.4 is 0 Å². The molecule has 0 aromatic heterocycles. The Hall–Kier alpha value is -2.46. The summed E-state index contributed by atoms with van der Waals surface area (Å²) in [5, 5.41) is 34.3. The van der Waals surface area contributed by atoms with Gasteiger partial charge in [-0.3, -0.25) is 4.79 Å². The lowest BCUT2D eigenvalue weighted by Crippen LogP contribution is -2.76. The SMILES string of the molecule is [2H]C(=O)C(C)C1(O)O[C@H](C(O)C(C)=O)[C@H](OCc2ccccc2)[C@H](OCc2ccccc2)[C@]1(O)CC. The van der Waals surface area contributed by atoms with Crippen molar-refractivity contribution in [3.8, 4) is 0 Å². The van der Waals surface area contributed by atoms with Gasteiger partial charge in [-0.1, -0.05) is 74.5 Å². The van der Waals surface area contributed by atoms with Gasteiger partial charge in [-0.15, -0.1) is 0 Å². The normalized spacial score (nSPS) is 30.8. The Kier molecular flexibility index (Phi) is 8.43. The van der Waals surface area contributed by atoms with E-state index in [2.05, 4.69) is 0 Å². The van der Waals surface area contributed by atoms with E-state index in [9.17, 15) is 24.9 Å². The molecular formula is C27H34O8. The van der Waals surface area contributed by atoms with Crippen molar-refractivity contribution in [3.05, 3.63) is 71.8 Å².